The van der Waals surface area contributed by atoms with E-state index in [0.717, 1.165) is 31.2 Å². The summed E-state index contributed by atoms with van der Waals surface area (Å²) in [5, 5.41) is 22.5. The van der Waals surface area contributed by atoms with Crippen molar-refractivity contribution in [1.82, 2.24) is 0 Å². The number of benzene rings is 1. The molecule has 1 aromatic carbocycles. The van der Waals surface area contributed by atoms with E-state index >= 15 is 0 Å². The van der Waals surface area contributed by atoms with E-state index in [1.54, 1.807) is 0 Å². The van der Waals surface area contributed by atoms with Crippen LogP contribution in [-0.4, -0.2) is 23.1 Å². The van der Waals surface area contributed by atoms with Crippen molar-refractivity contribution in [1.29, 1.82) is 0 Å². The van der Waals surface area contributed by atoms with Crippen LogP contribution in [0.3, 0.4) is 0 Å². The molecule has 6 nitrogen and oxygen atoms in total. The lowest BCUT2D eigenvalue weighted by Gasteiger charge is -2.53. The van der Waals surface area contributed by atoms with E-state index in [1.807, 2.05) is 26.8 Å². The molecular formula is C20H27NO5. The molecule has 0 aliphatic heterocycles. The Morgan fingerprint density at radius 2 is 2.12 bits per heavy atom. The predicted molar refractivity (Wildman–Crippen MR) is 97.3 cm³/mol. The van der Waals surface area contributed by atoms with Crippen LogP contribution in [-0.2, 0) is 27.8 Å². The van der Waals surface area contributed by atoms with Gasteiger partial charge in [0.15, 0.2) is 5.75 Å². The number of rotatable bonds is 3. The van der Waals surface area contributed by atoms with Gasteiger partial charge in [0, 0.05) is 16.5 Å². The van der Waals surface area contributed by atoms with E-state index in [0.29, 0.717) is 24.0 Å². The fourth-order valence-electron chi connectivity index (χ4n) is 5.64. The summed E-state index contributed by atoms with van der Waals surface area (Å²) in [4.78, 5) is 24.0. The number of phenolic OH excluding ortho intramolecular Hbond substituents is 1. The Morgan fingerprint density at radius 1 is 1.42 bits per heavy atom. The van der Waals surface area contributed by atoms with Gasteiger partial charge in [0.1, 0.15) is 0 Å². The SMILES string of the molecule is CCc1cc2c(c([N+](=O)[O-])c1O)[C@@]1(C)CCC[C@](C)(C(=O)OC)[C@@H]1CC2. The third-order valence-electron chi connectivity index (χ3n) is 6.85. The third kappa shape index (κ3) is 2.42. The highest BCUT2D eigenvalue weighted by molar-refractivity contribution is 5.78. The second kappa shape index (κ2) is 6.25. The lowest BCUT2D eigenvalue weighted by molar-refractivity contribution is -0.387. The topological polar surface area (TPSA) is 89.7 Å². The summed E-state index contributed by atoms with van der Waals surface area (Å²) < 4.78 is 5.09. The van der Waals surface area contributed by atoms with Crippen molar-refractivity contribution in [2.75, 3.05) is 7.11 Å². The predicted octanol–water partition coefficient (Wildman–Crippen LogP) is 4.05. The smallest absolute Gasteiger partial charge is 0.314 e. The van der Waals surface area contributed by atoms with Crippen LogP contribution in [0.4, 0.5) is 5.69 Å². The first kappa shape index (κ1) is 18.7. The number of phenols is 1. The molecule has 1 fully saturated rings. The molecule has 1 N–H and O–H groups in total. The zero-order valence-electron chi connectivity index (χ0n) is 15.9. The lowest BCUT2D eigenvalue weighted by Crippen LogP contribution is -2.52. The molecule has 0 unspecified atom stereocenters. The fourth-order valence-corrected chi connectivity index (χ4v) is 5.64. The molecule has 0 spiro atoms. The highest BCUT2D eigenvalue weighted by Crippen LogP contribution is 2.60. The molecule has 0 amide bonds. The van der Waals surface area contributed by atoms with Crippen molar-refractivity contribution in [2.45, 2.75) is 64.7 Å². The fraction of sp³-hybridized carbons (Fsp3) is 0.650. The van der Waals surface area contributed by atoms with Gasteiger partial charge in [-0.1, -0.05) is 26.3 Å². The molecule has 0 radical (unpaired) electrons. The van der Waals surface area contributed by atoms with E-state index in [2.05, 4.69) is 0 Å². The van der Waals surface area contributed by atoms with Gasteiger partial charge in [-0.05, 0) is 50.5 Å². The van der Waals surface area contributed by atoms with E-state index in [-0.39, 0.29) is 23.3 Å². The van der Waals surface area contributed by atoms with E-state index in [4.69, 9.17) is 4.74 Å². The number of aryl methyl sites for hydroxylation is 2. The minimum Gasteiger partial charge on any atom is -0.502 e. The Labute approximate surface area is 153 Å². The number of ether oxygens (including phenoxy) is 1. The van der Waals surface area contributed by atoms with Crippen LogP contribution in [0.5, 0.6) is 5.75 Å². The van der Waals surface area contributed by atoms with Gasteiger partial charge in [0.25, 0.3) is 0 Å². The number of nitrogens with zero attached hydrogens (tertiary/aromatic N) is 1. The maximum atomic E-state index is 12.6. The molecule has 0 bridgehead atoms. The minimum absolute atomic E-state index is 0.0470. The van der Waals surface area contributed by atoms with Crippen LogP contribution in [0, 0.1) is 21.4 Å². The summed E-state index contributed by atoms with van der Waals surface area (Å²) in [6.45, 7) is 5.83. The van der Waals surface area contributed by atoms with Gasteiger partial charge in [0.05, 0.1) is 17.4 Å². The van der Waals surface area contributed by atoms with Gasteiger partial charge in [-0.25, -0.2) is 0 Å². The summed E-state index contributed by atoms with van der Waals surface area (Å²) in [6, 6.07) is 1.92. The molecular weight excluding hydrogens is 334 g/mol. The Kier molecular flexibility index (Phi) is 4.49. The van der Waals surface area contributed by atoms with Gasteiger partial charge >= 0.3 is 11.7 Å². The molecule has 1 aromatic rings. The summed E-state index contributed by atoms with van der Waals surface area (Å²) in [6.07, 6.45) is 4.30. The van der Waals surface area contributed by atoms with Crippen LogP contribution in [0.2, 0.25) is 0 Å². The number of fused-ring (bicyclic) bond motifs is 3. The molecule has 0 aromatic heterocycles. The standard InChI is InChI=1S/C20H27NO5/c1-5-12-11-13-7-8-14-19(2,15(13)16(17(12)22)21(24)25)9-6-10-20(14,3)18(23)26-4/h11,14,22H,5-10H2,1-4H3/t14-,19+,20+/m1/s1. The average Bonchev–Trinajstić information content (AvgIpc) is 2.60. The number of hydrogen-bond donors (Lipinski definition) is 1. The quantitative estimate of drug-likeness (QED) is 0.498. The van der Waals surface area contributed by atoms with Crippen LogP contribution in [0.25, 0.3) is 0 Å². The number of hydrogen-bond acceptors (Lipinski definition) is 5. The largest absolute Gasteiger partial charge is 0.502 e. The zero-order valence-corrected chi connectivity index (χ0v) is 15.9. The molecule has 1 saturated carbocycles. The van der Waals surface area contributed by atoms with Crippen molar-refractivity contribution < 1.29 is 19.6 Å². The van der Waals surface area contributed by atoms with Gasteiger partial charge in [0.2, 0.25) is 0 Å². The Hall–Kier alpha value is -2.11. The molecule has 142 valence electrons. The molecule has 3 atom stereocenters. The zero-order chi connectivity index (χ0) is 19.3. The average molecular weight is 361 g/mol. The van der Waals surface area contributed by atoms with Crippen molar-refractivity contribution in [3.63, 3.8) is 0 Å². The molecule has 2 aliphatic rings. The molecule has 0 saturated heterocycles. The van der Waals surface area contributed by atoms with Gasteiger partial charge < -0.3 is 9.84 Å². The molecule has 3 rings (SSSR count). The molecule has 0 heterocycles. The lowest BCUT2D eigenvalue weighted by atomic mass is 9.49. The van der Waals surface area contributed by atoms with Crippen molar-refractivity contribution in [2.24, 2.45) is 11.3 Å². The first-order chi connectivity index (χ1) is 12.2. The Morgan fingerprint density at radius 3 is 2.69 bits per heavy atom. The first-order valence-corrected chi connectivity index (χ1v) is 9.31. The van der Waals surface area contributed by atoms with Gasteiger partial charge in [-0.15, -0.1) is 0 Å². The summed E-state index contributed by atoms with van der Waals surface area (Å²) in [5.74, 6) is -0.508. The maximum absolute atomic E-state index is 12.6. The van der Waals surface area contributed by atoms with Crippen LogP contribution in [0.15, 0.2) is 6.07 Å². The van der Waals surface area contributed by atoms with Crippen molar-refractivity contribution in [3.8, 4) is 5.75 Å². The molecule has 26 heavy (non-hydrogen) atoms. The van der Waals surface area contributed by atoms with Crippen LogP contribution < -0.4 is 0 Å². The van der Waals surface area contributed by atoms with E-state index in [9.17, 15) is 20.0 Å². The van der Waals surface area contributed by atoms with Crippen molar-refractivity contribution in [3.05, 3.63) is 32.9 Å². The summed E-state index contributed by atoms with van der Waals surface area (Å²) >= 11 is 0. The van der Waals surface area contributed by atoms with Gasteiger partial charge in [-0.3, -0.25) is 14.9 Å². The third-order valence-corrected chi connectivity index (χ3v) is 6.85. The summed E-state index contributed by atoms with van der Waals surface area (Å²) in [7, 11) is 1.40. The van der Waals surface area contributed by atoms with E-state index in [1.165, 1.54) is 7.11 Å². The highest BCUT2D eigenvalue weighted by Gasteiger charge is 2.57. The Bertz CT molecular complexity index is 774. The second-order valence-electron chi connectivity index (χ2n) is 8.15. The molecule has 6 heteroatoms. The molecule has 2 aliphatic carbocycles. The number of aromatic hydroxyl groups is 1. The normalized spacial score (nSPS) is 30.2. The highest BCUT2D eigenvalue weighted by atomic mass is 16.6. The van der Waals surface area contributed by atoms with Crippen molar-refractivity contribution >= 4 is 11.7 Å². The minimum atomic E-state index is -0.660. The number of esters is 1. The number of nitro benzene ring substituents is 1. The number of carbonyl (C=O) groups is 1. The van der Waals surface area contributed by atoms with E-state index < -0.39 is 15.8 Å². The number of methoxy groups -OCH3 is 1. The Balaban J connectivity index is 2.26. The second-order valence-corrected chi connectivity index (χ2v) is 8.15. The number of carbonyl (C=O) groups excluding carboxylic acids is 1. The summed E-state index contributed by atoms with van der Waals surface area (Å²) in [5.41, 5.74) is 0.833. The van der Waals surface area contributed by atoms with Crippen LogP contribution in [0.1, 0.15) is 63.1 Å². The number of nitro groups is 1. The first-order valence-electron chi connectivity index (χ1n) is 9.31. The van der Waals surface area contributed by atoms with Crippen LogP contribution >= 0.6 is 0 Å². The monoisotopic (exact) mass is 361 g/mol. The maximum Gasteiger partial charge on any atom is 0.314 e. The van der Waals surface area contributed by atoms with Gasteiger partial charge in [-0.2, -0.15) is 0 Å².